The monoisotopic (exact) mass is 647 g/mol. The Morgan fingerprint density at radius 3 is 1.02 bits per heavy atom. The summed E-state index contributed by atoms with van der Waals surface area (Å²) in [5.41, 5.74) is 0. The van der Waals surface area contributed by atoms with Gasteiger partial charge >= 0.3 is 11.9 Å². The zero-order valence-corrected chi connectivity index (χ0v) is 31.3. The molecule has 0 heterocycles. The van der Waals surface area contributed by atoms with Gasteiger partial charge in [0.1, 0.15) is 0 Å². The third-order valence-electron chi connectivity index (χ3n) is 9.15. The van der Waals surface area contributed by atoms with E-state index in [1.807, 2.05) is 0 Å². The van der Waals surface area contributed by atoms with Crippen molar-refractivity contribution in [3.8, 4) is 0 Å². The highest BCUT2D eigenvalue weighted by atomic mass is 16.5. The fourth-order valence-corrected chi connectivity index (χ4v) is 5.66. The van der Waals surface area contributed by atoms with E-state index < -0.39 is 0 Å². The molecule has 0 fully saturated rings. The molecule has 0 aliphatic carbocycles. The quantitative estimate of drug-likeness (QED) is 0.0390. The fourth-order valence-electron chi connectivity index (χ4n) is 5.66. The number of hydrogen-bond donors (Lipinski definition) is 0. The molecule has 0 amide bonds. The lowest BCUT2D eigenvalue weighted by Crippen LogP contribution is -2.25. The van der Waals surface area contributed by atoms with Gasteiger partial charge in [-0.05, 0) is 70.1 Å². The lowest BCUT2D eigenvalue weighted by atomic mass is 9.98. The van der Waals surface area contributed by atoms with Gasteiger partial charge in [-0.25, -0.2) is 0 Å². The predicted octanol–water partition coefficient (Wildman–Crippen LogP) is 13.4. The first-order valence-electron chi connectivity index (χ1n) is 20.1. The van der Waals surface area contributed by atoms with Gasteiger partial charge in [-0.3, -0.25) is 9.59 Å². The van der Waals surface area contributed by atoms with Gasteiger partial charge in [0.2, 0.25) is 0 Å². The van der Waals surface area contributed by atoms with Gasteiger partial charge < -0.3 is 9.47 Å². The van der Waals surface area contributed by atoms with E-state index in [0.717, 1.165) is 25.7 Å². The van der Waals surface area contributed by atoms with Gasteiger partial charge in [-0.1, -0.05) is 155 Å². The van der Waals surface area contributed by atoms with Crippen molar-refractivity contribution in [2.24, 2.45) is 11.8 Å². The Balaban J connectivity index is 3.68. The average molecular weight is 647 g/mol. The van der Waals surface area contributed by atoms with Crippen LogP contribution in [0, 0.1) is 11.8 Å². The molecule has 0 aromatic rings. The molecule has 0 unspecified atom stereocenters. The van der Waals surface area contributed by atoms with Crippen molar-refractivity contribution in [2.45, 2.75) is 207 Å². The van der Waals surface area contributed by atoms with Crippen molar-refractivity contribution in [2.75, 3.05) is 13.2 Å². The van der Waals surface area contributed by atoms with Gasteiger partial charge in [0, 0.05) is 18.8 Å². The van der Waals surface area contributed by atoms with Crippen molar-refractivity contribution in [1.82, 2.24) is 0 Å². The molecule has 0 aliphatic rings. The van der Waals surface area contributed by atoms with Crippen LogP contribution in [0.3, 0.4) is 0 Å². The molecule has 0 atom stereocenters. The van der Waals surface area contributed by atoms with Gasteiger partial charge in [0.25, 0.3) is 0 Å². The number of unbranched alkanes of at least 4 members (excludes halogenated alkanes) is 22. The van der Waals surface area contributed by atoms with Crippen LogP contribution in [0.1, 0.15) is 207 Å². The second-order valence-corrected chi connectivity index (χ2v) is 14.0. The Kier molecular flexibility index (Phi) is 35.0. The molecule has 4 heteroatoms. The third-order valence-corrected chi connectivity index (χ3v) is 9.15. The van der Waals surface area contributed by atoms with E-state index in [1.165, 1.54) is 141 Å². The number of allylic oxidation sites excluding steroid dienone is 4. The van der Waals surface area contributed by atoms with Crippen LogP contribution in [0.25, 0.3) is 0 Å². The van der Waals surface area contributed by atoms with Crippen LogP contribution in [0.2, 0.25) is 0 Å². The van der Waals surface area contributed by atoms with E-state index in [0.29, 0.717) is 32.0 Å². The smallest absolute Gasteiger partial charge is 0.305 e. The minimum absolute atomic E-state index is 0.0520. The minimum Gasteiger partial charge on any atom is -0.465 e. The fraction of sp³-hybridized carbons (Fsp3) is 0.857. The van der Waals surface area contributed by atoms with Gasteiger partial charge in [0.15, 0.2) is 0 Å². The Morgan fingerprint density at radius 2 is 0.717 bits per heavy atom. The number of hydrogen-bond acceptors (Lipinski definition) is 4. The van der Waals surface area contributed by atoms with Crippen LogP contribution in [0.4, 0.5) is 0 Å². The van der Waals surface area contributed by atoms with Crippen LogP contribution in [-0.2, 0) is 19.1 Å². The van der Waals surface area contributed by atoms with E-state index in [1.54, 1.807) is 0 Å². The molecule has 46 heavy (non-hydrogen) atoms. The standard InChI is InChI=1S/C42H78O4/c1-5-7-9-11-13-15-17-19-21-23-25-27-29-31-33-35-41(43)45-37-40(39(3)4)38-46-42(44)36-34-32-30-28-26-24-22-20-18-16-14-12-10-8-6-2/h19-22,39-40H,5-18,23-38H2,1-4H3/b21-19-,22-20-. The van der Waals surface area contributed by atoms with E-state index in [9.17, 15) is 9.59 Å². The summed E-state index contributed by atoms with van der Waals surface area (Å²) in [6.45, 7) is 9.40. The maximum atomic E-state index is 12.3. The normalized spacial score (nSPS) is 11.9. The van der Waals surface area contributed by atoms with Crippen LogP contribution in [0.5, 0.6) is 0 Å². The highest BCUT2D eigenvalue weighted by molar-refractivity contribution is 5.69. The summed E-state index contributed by atoms with van der Waals surface area (Å²) in [4.78, 5) is 24.5. The van der Waals surface area contributed by atoms with Crippen LogP contribution in [-0.4, -0.2) is 25.2 Å². The zero-order valence-electron chi connectivity index (χ0n) is 31.3. The summed E-state index contributed by atoms with van der Waals surface area (Å²) in [6.07, 6.45) is 42.8. The number of rotatable bonds is 35. The third kappa shape index (κ3) is 33.8. The summed E-state index contributed by atoms with van der Waals surface area (Å²) in [5.74, 6) is 0.0993. The second kappa shape index (κ2) is 36.3. The molecule has 0 aliphatic heterocycles. The summed E-state index contributed by atoms with van der Waals surface area (Å²) >= 11 is 0. The Hall–Kier alpha value is -1.58. The summed E-state index contributed by atoms with van der Waals surface area (Å²) in [5, 5.41) is 0. The minimum atomic E-state index is -0.122. The van der Waals surface area contributed by atoms with Crippen molar-refractivity contribution >= 4 is 11.9 Å². The lowest BCUT2D eigenvalue weighted by Gasteiger charge is -2.20. The first-order chi connectivity index (χ1) is 22.5. The number of carbonyl (C=O) groups is 2. The van der Waals surface area contributed by atoms with Gasteiger partial charge in [-0.2, -0.15) is 0 Å². The number of carbonyl (C=O) groups excluding carboxylic acids is 2. The molecule has 0 spiro atoms. The Labute approximate surface area is 287 Å². The molecule has 0 saturated heterocycles. The summed E-state index contributed by atoms with van der Waals surface area (Å²) in [6, 6.07) is 0. The first-order valence-corrected chi connectivity index (χ1v) is 20.1. The molecule has 0 N–H and O–H groups in total. The molecule has 0 aromatic heterocycles. The summed E-state index contributed by atoms with van der Waals surface area (Å²) < 4.78 is 11.1. The zero-order chi connectivity index (χ0) is 33.8. The van der Waals surface area contributed by atoms with Crippen LogP contribution < -0.4 is 0 Å². The molecular weight excluding hydrogens is 568 g/mol. The molecule has 0 radical (unpaired) electrons. The Morgan fingerprint density at radius 1 is 0.435 bits per heavy atom. The van der Waals surface area contributed by atoms with Crippen LogP contribution in [0.15, 0.2) is 24.3 Å². The molecule has 0 saturated carbocycles. The second-order valence-electron chi connectivity index (χ2n) is 14.0. The molecular formula is C42H78O4. The number of ether oxygens (including phenoxy) is 2. The van der Waals surface area contributed by atoms with E-state index in [2.05, 4.69) is 52.0 Å². The predicted molar refractivity (Wildman–Crippen MR) is 199 cm³/mol. The van der Waals surface area contributed by atoms with Crippen molar-refractivity contribution in [1.29, 1.82) is 0 Å². The molecule has 0 aromatic carbocycles. The van der Waals surface area contributed by atoms with Gasteiger partial charge in [0.05, 0.1) is 13.2 Å². The van der Waals surface area contributed by atoms with E-state index >= 15 is 0 Å². The van der Waals surface area contributed by atoms with Crippen molar-refractivity contribution in [3.05, 3.63) is 24.3 Å². The molecule has 4 nitrogen and oxygen atoms in total. The molecule has 0 rings (SSSR count). The van der Waals surface area contributed by atoms with Crippen molar-refractivity contribution < 1.29 is 19.1 Å². The van der Waals surface area contributed by atoms with E-state index in [-0.39, 0.29) is 17.9 Å². The first kappa shape index (κ1) is 44.4. The average Bonchev–Trinajstić information content (AvgIpc) is 3.04. The topological polar surface area (TPSA) is 52.6 Å². The molecule has 270 valence electrons. The maximum Gasteiger partial charge on any atom is 0.305 e. The number of esters is 2. The van der Waals surface area contributed by atoms with Crippen molar-refractivity contribution in [3.63, 3.8) is 0 Å². The summed E-state index contributed by atoms with van der Waals surface area (Å²) in [7, 11) is 0. The van der Waals surface area contributed by atoms with Gasteiger partial charge in [-0.15, -0.1) is 0 Å². The van der Waals surface area contributed by atoms with Crippen LogP contribution >= 0.6 is 0 Å². The SMILES string of the molecule is CCCCCCCC/C=C\CCCCCCCC(=O)OCC(COC(=O)CCCCCCC/C=C\CCCCCCCC)C(C)C. The largest absolute Gasteiger partial charge is 0.465 e. The van der Waals surface area contributed by atoms with E-state index in [4.69, 9.17) is 9.47 Å². The lowest BCUT2D eigenvalue weighted by molar-refractivity contribution is -0.150. The highest BCUT2D eigenvalue weighted by Gasteiger charge is 2.18. The maximum absolute atomic E-state index is 12.3. The highest BCUT2D eigenvalue weighted by Crippen LogP contribution is 2.16. The Bertz CT molecular complexity index is 654. The molecule has 0 bridgehead atoms.